The quantitative estimate of drug-likeness (QED) is 0.713. The highest BCUT2D eigenvalue weighted by Gasteiger charge is 2.18. The molecule has 0 fully saturated rings. The van der Waals surface area contributed by atoms with E-state index in [2.05, 4.69) is 10.4 Å². The molecule has 28 heavy (non-hydrogen) atoms. The molecule has 1 aromatic heterocycles. The number of hydrogen-bond acceptors (Lipinski definition) is 4. The largest absolute Gasteiger partial charge is 0.489 e. The van der Waals surface area contributed by atoms with Gasteiger partial charge in [0.25, 0.3) is 5.91 Å². The fraction of sp³-hybridized carbons (Fsp3) is 0.238. The fourth-order valence-electron chi connectivity index (χ4n) is 3.09. The molecule has 0 unspecified atom stereocenters. The summed E-state index contributed by atoms with van der Waals surface area (Å²) in [4.78, 5) is 12.7. The lowest BCUT2D eigenvalue weighted by molar-refractivity contribution is 0.0950. The molecule has 2 heterocycles. The van der Waals surface area contributed by atoms with Crippen LogP contribution in [0.5, 0.6) is 11.5 Å². The smallest absolute Gasteiger partial charge is 0.251 e. The molecule has 0 aliphatic carbocycles. The maximum absolute atomic E-state index is 12.7. The zero-order valence-electron chi connectivity index (χ0n) is 15.2. The van der Waals surface area contributed by atoms with Crippen LogP contribution in [0.25, 0.3) is 0 Å². The molecule has 2 aromatic carbocycles. The zero-order chi connectivity index (χ0) is 19.3. The van der Waals surface area contributed by atoms with Gasteiger partial charge in [-0.25, -0.2) is 0 Å². The molecule has 0 atom stereocenters. The van der Waals surface area contributed by atoms with Crippen molar-refractivity contribution in [1.82, 2.24) is 15.1 Å². The van der Waals surface area contributed by atoms with Crippen LogP contribution in [0.2, 0.25) is 5.02 Å². The summed E-state index contributed by atoms with van der Waals surface area (Å²) in [6.45, 7) is 2.14. The summed E-state index contributed by atoms with van der Waals surface area (Å²) < 4.78 is 13.1. The Bertz CT molecular complexity index is 973. The van der Waals surface area contributed by atoms with E-state index >= 15 is 0 Å². The number of benzene rings is 2. The fourth-order valence-corrected chi connectivity index (χ4v) is 3.36. The van der Waals surface area contributed by atoms with Crippen molar-refractivity contribution >= 4 is 17.5 Å². The molecule has 0 radical (unpaired) electrons. The van der Waals surface area contributed by atoms with Crippen molar-refractivity contribution in [2.75, 3.05) is 13.2 Å². The van der Waals surface area contributed by atoms with E-state index in [0.717, 1.165) is 17.5 Å². The molecule has 1 N–H and O–H groups in total. The minimum atomic E-state index is -0.216. The van der Waals surface area contributed by atoms with E-state index in [1.807, 2.05) is 41.2 Å². The number of rotatable bonds is 5. The van der Waals surface area contributed by atoms with Crippen molar-refractivity contribution < 1.29 is 14.3 Å². The second-order valence-corrected chi connectivity index (χ2v) is 6.90. The number of nitrogens with zero attached hydrogens (tertiary/aromatic N) is 2. The Hall–Kier alpha value is -2.99. The van der Waals surface area contributed by atoms with Crippen LogP contribution in [0.4, 0.5) is 0 Å². The highest BCUT2D eigenvalue weighted by Crippen LogP contribution is 2.38. The van der Waals surface area contributed by atoms with E-state index in [4.69, 9.17) is 21.1 Å². The lowest BCUT2D eigenvalue weighted by Crippen LogP contribution is -2.23. The Labute approximate surface area is 168 Å². The maximum atomic E-state index is 12.7. The number of ether oxygens (including phenoxy) is 2. The Morgan fingerprint density at radius 1 is 1.14 bits per heavy atom. The van der Waals surface area contributed by atoms with Crippen LogP contribution >= 0.6 is 11.6 Å². The predicted octanol–water partition coefficient (Wildman–Crippen LogP) is 3.68. The Balaban J connectivity index is 1.48. The van der Waals surface area contributed by atoms with Crippen LogP contribution < -0.4 is 14.8 Å². The summed E-state index contributed by atoms with van der Waals surface area (Å²) in [5.41, 5.74) is 2.58. The van der Waals surface area contributed by atoms with E-state index in [9.17, 15) is 4.79 Å². The predicted molar refractivity (Wildman–Crippen MR) is 106 cm³/mol. The van der Waals surface area contributed by atoms with E-state index in [0.29, 0.717) is 48.4 Å². The molecule has 4 rings (SSSR count). The molecule has 1 amide bonds. The average molecular weight is 398 g/mol. The molecule has 0 saturated heterocycles. The zero-order valence-corrected chi connectivity index (χ0v) is 16.0. The van der Waals surface area contributed by atoms with Crippen LogP contribution in [-0.4, -0.2) is 28.9 Å². The van der Waals surface area contributed by atoms with Gasteiger partial charge in [0.05, 0.1) is 24.8 Å². The molecule has 0 spiro atoms. The van der Waals surface area contributed by atoms with Gasteiger partial charge in [0.1, 0.15) is 0 Å². The second kappa shape index (κ2) is 8.35. The van der Waals surface area contributed by atoms with Crippen molar-refractivity contribution in [2.45, 2.75) is 19.5 Å². The van der Waals surface area contributed by atoms with Gasteiger partial charge in [-0.05, 0) is 29.3 Å². The topological polar surface area (TPSA) is 65.4 Å². The van der Waals surface area contributed by atoms with Gasteiger partial charge in [-0.1, -0.05) is 35.9 Å². The molecule has 1 aliphatic heterocycles. The molecule has 6 nitrogen and oxygen atoms in total. The highest BCUT2D eigenvalue weighted by molar-refractivity contribution is 6.32. The first-order valence-corrected chi connectivity index (χ1v) is 9.50. The normalized spacial score (nSPS) is 13.0. The molecular weight excluding hydrogens is 378 g/mol. The first-order valence-electron chi connectivity index (χ1n) is 9.12. The first kappa shape index (κ1) is 18.4. The Morgan fingerprint density at radius 3 is 2.79 bits per heavy atom. The monoisotopic (exact) mass is 397 g/mol. The van der Waals surface area contributed by atoms with Gasteiger partial charge in [-0.3, -0.25) is 9.48 Å². The Morgan fingerprint density at radius 2 is 1.96 bits per heavy atom. The van der Waals surface area contributed by atoms with Gasteiger partial charge in [0.2, 0.25) is 0 Å². The van der Waals surface area contributed by atoms with Gasteiger partial charge in [0, 0.05) is 30.9 Å². The lowest BCUT2D eigenvalue weighted by Gasteiger charge is -2.13. The van der Waals surface area contributed by atoms with Gasteiger partial charge in [-0.2, -0.15) is 5.10 Å². The minimum Gasteiger partial charge on any atom is -0.489 e. The van der Waals surface area contributed by atoms with E-state index in [1.165, 1.54) is 0 Å². The van der Waals surface area contributed by atoms with Crippen molar-refractivity contribution in [3.05, 3.63) is 76.6 Å². The van der Waals surface area contributed by atoms with E-state index < -0.39 is 0 Å². The van der Waals surface area contributed by atoms with Gasteiger partial charge in [-0.15, -0.1) is 0 Å². The SMILES string of the molecule is O=C(NCc1ccccc1Cn1cccn1)c1cc(Cl)c2c(c1)OCCCO2. The van der Waals surface area contributed by atoms with Crippen molar-refractivity contribution in [3.8, 4) is 11.5 Å². The molecular formula is C21H20ClN3O3. The van der Waals surface area contributed by atoms with E-state index in [1.54, 1.807) is 18.3 Å². The van der Waals surface area contributed by atoms with Gasteiger partial charge in [0.15, 0.2) is 11.5 Å². The number of carbonyl (C=O) groups excluding carboxylic acids is 1. The summed E-state index contributed by atoms with van der Waals surface area (Å²) in [7, 11) is 0. The number of fused-ring (bicyclic) bond motifs is 1. The molecule has 144 valence electrons. The molecule has 1 aliphatic rings. The van der Waals surface area contributed by atoms with Crippen molar-refractivity contribution in [2.24, 2.45) is 0 Å². The Kier molecular flexibility index (Phi) is 5.48. The van der Waals surface area contributed by atoms with E-state index in [-0.39, 0.29) is 5.91 Å². The third-order valence-corrected chi connectivity index (χ3v) is 4.79. The highest BCUT2D eigenvalue weighted by atomic mass is 35.5. The molecule has 7 heteroatoms. The number of amides is 1. The number of nitrogens with one attached hydrogen (secondary N) is 1. The summed E-state index contributed by atoms with van der Waals surface area (Å²) >= 11 is 6.29. The number of halogens is 1. The van der Waals surface area contributed by atoms with Crippen LogP contribution in [0.1, 0.15) is 27.9 Å². The maximum Gasteiger partial charge on any atom is 0.251 e. The van der Waals surface area contributed by atoms with Crippen LogP contribution in [0.3, 0.4) is 0 Å². The average Bonchev–Trinajstić information content (AvgIpc) is 3.09. The standard InChI is InChI=1S/C21H20ClN3O3/c22-18-11-17(12-19-20(18)28-10-4-9-27-19)21(26)23-13-15-5-1-2-6-16(15)14-25-8-3-7-24-25/h1-3,5-8,11-12H,4,9-10,13-14H2,(H,23,26). The summed E-state index contributed by atoms with van der Waals surface area (Å²) in [5.74, 6) is 0.793. The second-order valence-electron chi connectivity index (χ2n) is 6.49. The van der Waals surface area contributed by atoms with Gasteiger partial charge >= 0.3 is 0 Å². The molecule has 3 aromatic rings. The molecule has 0 bridgehead atoms. The summed E-state index contributed by atoms with van der Waals surface area (Å²) in [6, 6.07) is 13.1. The van der Waals surface area contributed by atoms with Crippen LogP contribution in [0, 0.1) is 0 Å². The van der Waals surface area contributed by atoms with Gasteiger partial charge < -0.3 is 14.8 Å². The molecule has 0 saturated carbocycles. The van der Waals surface area contributed by atoms with Crippen LogP contribution in [0.15, 0.2) is 54.9 Å². The number of carbonyl (C=O) groups is 1. The number of aromatic nitrogens is 2. The lowest BCUT2D eigenvalue weighted by atomic mass is 10.1. The third-order valence-electron chi connectivity index (χ3n) is 4.51. The van der Waals surface area contributed by atoms with Crippen LogP contribution in [-0.2, 0) is 13.1 Å². The van der Waals surface area contributed by atoms with Crippen molar-refractivity contribution in [1.29, 1.82) is 0 Å². The minimum absolute atomic E-state index is 0.216. The third kappa shape index (κ3) is 4.12. The van der Waals surface area contributed by atoms with Crippen molar-refractivity contribution in [3.63, 3.8) is 0 Å². The number of hydrogen-bond donors (Lipinski definition) is 1. The summed E-state index contributed by atoms with van der Waals surface area (Å²) in [5, 5.41) is 7.58. The summed E-state index contributed by atoms with van der Waals surface area (Å²) in [6.07, 6.45) is 4.44. The first-order chi connectivity index (χ1) is 13.7.